The lowest BCUT2D eigenvalue weighted by molar-refractivity contribution is 0.675. The Bertz CT molecular complexity index is 312. The first-order chi connectivity index (χ1) is 6.69. The Hall–Kier alpha value is -0.630. The van der Waals surface area contributed by atoms with Gasteiger partial charge in [-0.05, 0) is 25.3 Å². The van der Waals surface area contributed by atoms with Gasteiger partial charge in [0.25, 0.3) is 0 Å². The molecule has 14 heavy (non-hydrogen) atoms. The molecule has 0 aliphatic heterocycles. The molecule has 1 rings (SSSR count). The average molecular weight is 209 g/mol. The summed E-state index contributed by atoms with van der Waals surface area (Å²) >= 11 is 1.91. The normalized spacial score (nSPS) is 13.7. The van der Waals surface area contributed by atoms with E-state index < -0.39 is 0 Å². The highest BCUT2D eigenvalue weighted by molar-refractivity contribution is 7.12. The topological polar surface area (TPSA) is 12.4 Å². The van der Waals surface area contributed by atoms with Crippen LogP contribution in [0.1, 0.15) is 47.9 Å². The number of hydrogen-bond donors (Lipinski definition) is 0. The third-order valence-corrected chi connectivity index (χ3v) is 3.75. The third kappa shape index (κ3) is 2.68. The molecule has 0 spiro atoms. The van der Waals surface area contributed by atoms with Gasteiger partial charge in [0, 0.05) is 28.6 Å². The van der Waals surface area contributed by atoms with Gasteiger partial charge in [0.1, 0.15) is 0 Å². The third-order valence-electron chi connectivity index (χ3n) is 2.45. The molecule has 0 aromatic carbocycles. The molecule has 0 aliphatic rings. The van der Waals surface area contributed by atoms with E-state index in [0.717, 1.165) is 0 Å². The minimum atomic E-state index is 0.697. The molecule has 0 N–H and O–H groups in total. The summed E-state index contributed by atoms with van der Waals surface area (Å²) in [5.74, 6) is 0.697. The molecule has 0 fully saturated rings. The zero-order chi connectivity index (χ0) is 10.6. The van der Waals surface area contributed by atoms with Crippen LogP contribution in [-0.2, 0) is 0 Å². The smallest absolute Gasteiger partial charge is 0.0292 e. The van der Waals surface area contributed by atoms with Gasteiger partial charge in [0.05, 0.1) is 0 Å². The van der Waals surface area contributed by atoms with E-state index in [1.807, 2.05) is 24.6 Å². The molecular formula is C12H19NS. The van der Waals surface area contributed by atoms with E-state index in [0.29, 0.717) is 5.92 Å². The van der Waals surface area contributed by atoms with E-state index in [2.05, 4.69) is 31.8 Å². The average Bonchev–Trinajstić information content (AvgIpc) is 2.49. The molecule has 0 aliphatic carbocycles. The summed E-state index contributed by atoms with van der Waals surface area (Å²) in [5.41, 5.74) is 1.29. The lowest BCUT2D eigenvalue weighted by Gasteiger charge is -2.05. The van der Waals surface area contributed by atoms with E-state index >= 15 is 0 Å². The molecule has 1 aromatic rings. The van der Waals surface area contributed by atoms with E-state index in [-0.39, 0.29) is 0 Å². The maximum Gasteiger partial charge on any atom is 0.0292 e. The number of aryl methyl sites for hydroxylation is 1. The lowest BCUT2D eigenvalue weighted by atomic mass is 10.0. The van der Waals surface area contributed by atoms with Crippen molar-refractivity contribution in [3.05, 3.63) is 21.4 Å². The van der Waals surface area contributed by atoms with Gasteiger partial charge in [0.15, 0.2) is 0 Å². The molecule has 2 heteroatoms. The first kappa shape index (κ1) is 11.4. The second-order valence-electron chi connectivity index (χ2n) is 3.74. The molecule has 1 nitrogen and oxygen atoms in total. The Labute approximate surface area is 90.9 Å². The van der Waals surface area contributed by atoms with E-state index in [4.69, 9.17) is 0 Å². The highest BCUT2D eigenvalue weighted by Gasteiger charge is 2.09. The monoisotopic (exact) mass is 209 g/mol. The Morgan fingerprint density at radius 3 is 2.86 bits per heavy atom. The van der Waals surface area contributed by atoms with Crippen LogP contribution in [0, 0.1) is 6.92 Å². The molecule has 78 valence electrons. The van der Waals surface area contributed by atoms with Crippen molar-refractivity contribution in [2.75, 3.05) is 7.05 Å². The summed E-state index contributed by atoms with van der Waals surface area (Å²) in [6, 6.07) is 2.29. The summed E-state index contributed by atoms with van der Waals surface area (Å²) in [4.78, 5) is 6.95. The van der Waals surface area contributed by atoms with Crippen molar-refractivity contribution in [3.63, 3.8) is 0 Å². The maximum atomic E-state index is 4.07. The van der Waals surface area contributed by atoms with Crippen molar-refractivity contribution < 1.29 is 0 Å². The van der Waals surface area contributed by atoms with Crippen LogP contribution in [0.2, 0.25) is 0 Å². The minimum Gasteiger partial charge on any atom is -0.296 e. The predicted octanol–water partition coefficient (Wildman–Crippen LogP) is 4.01. The van der Waals surface area contributed by atoms with Crippen LogP contribution in [0.15, 0.2) is 11.1 Å². The first-order valence-corrected chi connectivity index (χ1v) is 6.03. The fourth-order valence-corrected chi connectivity index (χ4v) is 2.69. The van der Waals surface area contributed by atoms with E-state index in [9.17, 15) is 0 Å². The summed E-state index contributed by atoms with van der Waals surface area (Å²) in [5, 5.41) is 0. The predicted molar refractivity (Wildman–Crippen MR) is 65.9 cm³/mol. The molecule has 1 heterocycles. The standard InChI is InChI=1S/C12H19NS/c1-5-6-9(2)12-7-11(8-13-4)10(3)14-12/h7-9H,5-6H2,1-4H3. The second-order valence-corrected chi connectivity index (χ2v) is 5.03. The fourth-order valence-electron chi connectivity index (χ4n) is 1.61. The van der Waals surface area contributed by atoms with Crippen LogP contribution in [0.25, 0.3) is 0 Å². The van der Waals surface area contributed by atoms with Gasteiger partial charge in [-0.25, -0.2) is 0 Å². The molecular weight excluding hydrogens is 190 g/mol. The summed E-state index contributed by atoms with van der Waals surface area (Å²) in [6.07, 6.45) is 4.49. The highest BCUT2D eigenvalue weighted by atomic mass is 32.1. The van der Waals surface area contributed by atoms with Gasteiger partial charge in [0.2, 0.25) is 0 Å². The second kappa shape index (κ2) is 5.30. The molecule has 0 radical (unpaired) electrons. The molecule has 0 saturated carbocycles. The minimum absolute atomic E-state index is 0.697. The van der Waals surface area contributed by atoms with Crippen molar-refractivity contribution in [3.8, 4) is 0 Å². The number of aliphatic imine (C=N–C) groups is 1. The Morgan fingerprint density at radius 2 is 2.29 bits per heavy atom. The maximum absolute atomic E-state index is 4.07. The van der Waals surface area contributed by atoms with E-state index in [1.165, 1.54) is 28.2 Å². The van der Waals surface area contributed by atoms with Crippen LogP contribution in [-0.4, -0.2) is 13.3 Å². The first-order valence-electron chi connectivity index (χ1n) is 5.21. The van der Waals surface area contributed by atoms with Gasteiger partial charge >= 0.3 is 0 Å². The van der Waals surface area contributed by atoms with Crippen LogP contribution >= 0.6 is 11.3 Å². The lowest BCUT2D eigenvalue weighted by Crippen LogP contribution is -1.88. The van der Waals surface area contributed by atoms with Crippen molar-refractivity contribution in [2.24, 2.45) is 4.99 Å². The van der Waals surface area contributed by atoms with E-state index in [1.54, 1.807) is 0 Å². The van der Waals surface area contributed by atoms with Crippen molar-refractivity contribution in [1.29, 1.82) is 0 Å². The zero-order valence-electron chi connectivity index (χ0n) is 9.50. The van der Waals surface area contributed by atoms with Crippen molar-refractivity contribution in [2.45, 2.75) is 39.5 Å². The summed E-state index contributed by atoms with van der Waals surface area (Å²) in [7, 11) is 1.83. The van der Waals surface area contributed by atoms with Crippen LogP contribution in [0.4, 0.5) is 0 Å². The number of nitrogens with zero attached hydrogens (tertiary/aromatic N) is 1. The quantitative estimate of drug-likeness (QED) is 0.664. The SMILES string of the molecule is CCCC(C)c1cc(C=NC)c(C)s1. The van der Waals surface area contributed by atoms with Crippen molar-refractivity contribution >= 4 is 17.6 Å². The van der Waals surface area contributed by atoms with Gasteiger partial charge in [-0.15, -0.1) is 11.3 Å². The Morgan fingerprint density at radius 1 is 1.57 bits per heavy atom. The molecule has 0 amide bonds. The largest absolute Gasteiger partial charge is 0.296 e. The summed E-state index contributed by atoms with van der Waals surface area (Å²) in [6.45, 7) is 6.72. The van der Waals surface area contributed by atoms with Gasteiger partial charge in [-0.3, -0.25) is 4.99 Å². The molecule has 0 bridgehead atoms. The van der Waals surface area contributed by atoms with Crippen molar-refractivity contribution in [1.82, 2.24) is 0 Å². The van der Waals surface area contributed by atoms with Crippen LogP contribution in [0.3, 0.4) is 0 Å². The number of hydrogen-bond acceptors (Lipinski definition) is 2. The van der Waals surface area contributed by atoms with Gasteiger partial charge in [-0.1, -0.05) is 20.3 Å². The van der Waals surface area contributed by atoms with Gasteiger partial charge < -0.3 is 0 Å². The molecule has 1 atom stereocenters. The number of thiophene rings is 1. The molecule has 0 saturated heterocycles. The molecule has 1 aromatic heterocycles. The Balaban J connectivity index is 2.84. The molecule has 1 unspecified atom stereocenters. The Kier molecular flexibility index (Phi) is 4.33. The van der Waals surface area contributed by atoms with Crippen LogP contribution < -0.4 is 0 Å². The summed E-state index contributed by atoms with van der Waals surface area (Å²) < 4.78 is 0. The zero-order valence-corrected chi connectivity index (χ0v) is 10.3. The van der Waals surface area contributed by atoms with Gasteiger partial charge in [-0.2, -0.15) is 0 Å². The number of rotatable bonds is 4. The van der Waals surface area contributed by atoms with Crippen LogP contribution in [0.5, 0.6) is 0 Å². The fraction of sp³-hybridized carbons (Fsp3) is 0.583. The highest BCUT2D eigenvalue weighted by Crippen LogP contribution is 2.29.